The molecule has 0 radical (unpaired) electrons. The first-order valence-corrected chi connectivity index (χ1v) is 5.88. The summed E-state index contributed by atoms with van der Waals surface area (Å²) in [6.45, 7) is 0. The summed E-state index contributed by atoms with van der Waals surface area (Å²) in [4.78, 5) is 18.0. The maximum Gasteiger partial charge on any atom is 0.229 e. The lowest BCUT2D eigenvalue weighted by Gasteiger charge is -2.17. The van der Waals surface area contributed by atoms with E-state index in [0.717, 1.165) is 29.4 Å². The Kier molecular flexibility index (Phi) is 2.32. The molecule has 1 fully saturated rings. The largest absolute Gasteiger partial charge is 0.315 e. The highest BCUT2D eigenvalue weighted by Gasteiger charge is 2.32. The highest BCUT2D eigenvalue weighted by Crippen LogP contribution is 2.32. The quantitative estimate of drug-likeness (QED) is 0.788. The molecule has 1 heterocycles. The highest BCUT2D eigenvalue weighted by molar-refractivity contribution is 5.97. The van der Waals surface area contributed by atoms with Gasteiger partial charge in [-0.1, -0.05) is 6.07 Å². The standard InChI is InChI=1S/C14H14N2O/c1-16(14(17)10-4-5-10)12-6-7-13-11(9-12)3-2-8-15-13/h2-3,6-10H,4-5H2,1H3. The Balaban J connectivity index is 1.96. The van der Waals surface area contributed by atoms with Gasteiger partial charge in [0.05, 0.1) is 5.52 Å². The second-order valence-corrected chi connectivity index (χ2v) is 4.55. The van der Waals surface area contributed by atoms with Gasteiger partial charge in [-0.25, -0.2) is 0 Å². The van der Waals surface area contributed by atoms with E-state index in [0.29, 0.717) is 0 Å². The fourth-order valence-corrected chi connectivity index (χ4v) is 2.00. The first kappa shape index (κ1) is 10.3. The Morgan fingerprint density at radius 3 is 2.94 bits per heavy atom. The smallest absolute Gasteiger partial charge is 0.229 e. The zero-order chi connectivity index (χ0) is 11.8. The van der Waals surface area contributed by atoms with E-state index in [1.807, 2.05) is 37.4 Å². The van der Waals surface area contributed by atoms with Crippen LogP contribution in [0.1, 0.15) is 12.8 Å². The Bertz CT molecular complexity index is 575. The molecule has 0 bridgehead atoms. The summed E-state index contributed by atoms with van der Waals surface area (Å²) in [5, 5.41) is 1.07. The molecule has 3 rings (SSSR count). The molecular weight excluding hydrogens is 212 g/mol. The van der Waals surface area contributed by atoms with Crippen LogP contribution in [0.3, 0.4) is 0 Å². The number of nitrogens with zero attached hydrogens (tertiary/aromatic N) is 2. The molecule has 0 atom stereocenters. The second kappa shape index (κ2) is 3.84. The van der Waals surface area contributed by atoms with Crippen molar-refractivity contribution in [3.05, 3.63) is 36.5 Å². The first-order valence-electron chi connectivity index (χ1n) is 5.88. The van der Waals surface area contributed by atoms with E-state index in [1.165, 1.54) is 0 Å². The van der Waals surface area contributed by atoms with Crippen molar-refractivity contribution in [3.8, 4) is 0 Å². The van der Waals surface area contributed by atoms with Gasteiger partial charge in [-0.15, -0.1) is 0 Å². The summed E-state index contributed by atoms with van der Waals surface area (Å²) in [5.74, 6) is 0.484. The molecule has 0 saturated heterocycles. The van der Waals surface area contributed by atoms with Crippen LogP contribution in [0.15, 0.2) is 36.5 Å². The molecule has 17 heavy (non-hydrogen) atoms. The van der Waals surface area contributed by atoms with E-state index in [2.05, 4.69) is 4.98 Å². The third-order valence-corrected chi connectivity index (χ3v) is 3.23. The highest BCUT2D eigenvalue weighted by atomic mass is 16.2. The van der Waals surface area contributed by atoms with Crippen molar-refractivity contribution in [1.82, 2.24) is 4.98 Å². The summed E-state index contributed by atoms with van der Waals surface area (Å²) >= 11 is 0. The van der Waals surface area contributed by atoms with E-state index in [9.17, 15) is 4.79 Å². The number of benzene rings is 1. The van der Waals surface area contributed by atoms with Crippen LogP contribution in [0.2, 0.25) is 0 Å². The molecule has 1 aromatic heterocycles. The molecular formula is C14H14N2O. The van der Waals surface area contributed by atoms with Crippen LogP contribution in [0, 0.1) is 5.92 Å². The van der Waals surface area contributed by atoms with E-state index in [-0.39, 0.29) is 11.8 Å². The number of carbonyl (C=O) groups excluding carboxylic acids is 1. The molecule has 3 nitrogen and oxygen atoms in total. The van der Waals surface area contributed by atoms with Gasteiger partial charge in [0, 0.05) is 30.2 Å². The van der Waals surface area contributed by atoms with Crippen molar-refractivity contribution in [3.63, 3.8) is 0 Å². The third kappa shape index (κ3) is 1.88. The SMILES string of the molecule is CN(C(=O)C1CC1)c1ccc2ncccc2c1. The lowest BCUT2D eigenvalue weighted by atomic mass is 10.2. The van der Waals surface area contributed by atoms with E-state index in [4.69, 9.17) is 0 Å². The molecule has 1 aliphatic carbocycles. The van der Waals surface area contributed by atoms with Gasteiger partial charge in [0.15, 0.2) is 0 Å². The van der Waals surface area contributed by atoms with Gasteiger partial charge in [-0.3, -0.25) is 9.78 Å². The number of amides is 1. The molecule has 0 spiro atoms. The number of pyridine rings is 1. The summed E-state index contributed by atoms with van der Waals surface area (Å²) in [5.41, 5.74) is 1.91. The van der Waals surface area contributed by atoms with Crippen LogP contribution in [0.4, 0.5) is 5.69 Å². The van der Waals surface area contributed by atoms with Crippen molar-refractivity contribution in [2.75, 3.05) is 11.9 Å². The first-order chi connectivity index (χ1) is 8.25. The molecule has 1 amide bonds. The number of anilines is 1. The normalized spacial score (nSPS) is 14.9. The van der Waals surface area contributed by atoms with Gasteiger partial charge in [-0.2, -0.15) is 0 Å². The fourth-order valence-electron chi connectivity index (χ4n) is 2.00. The van der Waals surface area contributed by atoms with Crippen molar-refractivity contribution < 1.29 is 4.79 Å². The summed E-state index contributed by atoms with van der Waals surface area (Å²) in [7, 11) is 1.85. The van der Waals surface area contributed by atoms with E-state index in [1.54, 1.807) is 11.1 Å². The minimum Gasteiger partial charge on any atom is -0.315 e. The Hall–Kier alpha value is -1.90. The van der Waals surface area contributed by atoms with Gasteiger partial charge in [0.1, 0.15) is 0 Å². The predicted octanol–water partition coefficient (Wildman–Crippen LogP) is 2.61. The molecule has 0 aliphatic heterocycles. The zero-order valence-electron chi connectivity index (χ0n) is 9.76. The fraction of sp³-hybridized carbons (Fsp3) is 0.286. The van der Waals surface area contributed by atoms with Gasteiger partial charge >= 0.3 is 0 Å². The van der Waals surface area contributed by atoms with Crippen LogP contribution in [-0.4, -0.2) is 17.9 Å². The number of aromatic nitrogens is 1. The van der Waals surface area contributed by atoms with Gasteiger partial charge in [-0.05, 0) is 37.1 Å². The van der Waals surface area contributed by atoms with Crippen LogP contribution in [-0.2, 0) is 4.79 Å². The minimum absolute atomic E-state index is 0.230. The molecule has 2 aromatic rings. The average Bonchev–Trinajstić information content (AvgIpc) is 3.21. The van der Waals surface area contributed by atoms with Gasteiger partial charge in [0.25, 0.3) is 0 Å². The second-order valence-electron chi connectivity index (χ2n) is 4.55. The number of carbonyl (C=O) groups is 1. The van der Waals surface area contributed by atoms with Crippen LogP contribution in [0.25, 0.3) is 10.9 Å². The molecule has 86 valence electrons. The molecule has 1 aromatic carbocycles. The number of hydrogen-bond donors (Lipinski definition) is 0. The molecule has 3 heteroatoms. The van der Waals surface area contributed by atoms with Crippen LogP contribution < -0.4 is 4.90 Å². The maximum absolute atomic E-state index is 12.0. The van der Waals surface area contributed by atoms with E-state index >= 15 is 0 Å². The van der Waals surface area contributed by atoms with Crippen molar-refractivity contribution in [2.45, 2.75) is 12.8 Å². The number of rotatable bonds is 2. The zero-order valence-corrected chi connectivity index (χ0v) is 9.76. The Morgan fingerprint density at radius 1 is 1.35 bits per heavy atom. The monoisotopic (exact) mass is 226 g/mol. The summed E-state index contributed by atoms with van der Waals surface area (Å²) in [6, 6.07) is 9.86. The molecule has 1 aliphatic rings. The third-order valence-electron chi connectivity index (χ3n) is 3.23. The molecule has 0 N–H and O–H groups in total. The van der Waals surface area contributed by atoms with Crippen molar-refractivity contribution >= 4 is 22.5 Å². The summed E-state index contributed by atoms with van der Waals surface area (Å²) < 4.78 is 0. The van der Waals surface area contributed by atoms with E-state index < -0.39 is 0 Å². The van der Waals surface area contributed by atoms with Crippen LogP contribution in [0.5, 0.6) is 0 Å². The minimum atomic E-state index is 0.230. The Labute approximate surface area is 100 Å². The lowest BCUT2D eigenvalue weighted by Crippen LogP contribution is -2.27. The van der Waals surface area contributed by atoms with Crippen LogP contribution >= 0.6 is 0 Å². The number of fused-ring (bicyclic) bond motifs is 1. The topological polar surface area (TPSA) is 33.2 Å². The van der Waals surface area contributed by atoms with Gasteiger partial charge in [0.2, 0.25) is 5.91 Å². The average molecular weight is 226 g/mol. The predicted molar refractivity (Wildman–Crippen MR) is 67.9 cm³/mol. The summed E-state index contributed by atoms with van der Waals surface area (Å²) in [6.07, 6.45) is 3.86. The molecule has 0 unspecified atom stereocenters. The maximum atomic E-state index is 12.0. The van der Waals surface area contributed by atoms with Gasteiger partial charge < -0.3 is 4.90 Å². The lowest BCUT2D eigenvalue weighted by molar-refractivity contribution is -0.119. The Morgan fingerprint density at radius 2 is 2.18 bits per heavy atom. The molecule has 1 saturated carbocycles. The van der Waals surface area contributed by atoms with Crippen molar-refractivity contribution in [1.29, 1.82) is 0 Å². The number of hydrogen-bond acceptors (Lipinski definition) is 2. The van der Waals surface area contributed by atoms with Crippen molar-refractivity contribution in [2.24, 2.45) is 5.92 Å².